The van der Waals surface area contributed by atoms with Crippen LogP contribution in [0.3, 0.4) is 0 Å². The van der Waals surface area contributed by atoms with Crippen LogP contribution in [0.4, 0.5) is 5.69 Å². The van der Waals surface area contributed by atoms with Gasteiger partial charge in [-0.2, -0.15) is 0 Å². The molecule has 0 bridgehead atoms. The SMILES string of the molecule is CC1CC1c1ccc(C(=O)Nc2ccc(S(=O)(=O)CCO)cc2)o1. The standard InChI is InChI=1S/C17H19NO5S/c1-11-10-14(11)15-6-7-16(23-15)17(20)18-12-2-4-13(5-3-12)24(21,22)9-8-19/h2-7,11,14,19H,8-10H2,1H3,(H,18,20). The minimum Gasteiger partial charge on any atom is -0.456 e. The van der Waals surface area contributed by atoms with Crippen molar-refractivity contribution in [1.82, 2.24) is 0 Å². The lowest BCUT2D eigenvalue weighted by atomic mass is 10.3. The molecule has 1 saturated carbocycles. The number of furan rings is 1. The van der Waals surface area contributed by atoms with E-state index in [1.807, 2.05) is 6.07 Å². The van der Waals surface area contributed by atoms with Crippen molar-refractivity contribution < 1.29 is 22.7 Å². The van der Waals surface area contributed by atoms with Crippen LogP contribution in [0.2, 0.25) is 0 Å². The van der Waals surface area contributed by atoms with Gasteiger partial charge in [0.2, 0.25) is 0 Å². The Hall–Kier alpha value is -2.12. The van der Waals surface area contributed by atoms with E-state index in [0.717, 1.165) is 12.2 Å². The predicted molar refractivity (Wildman–Crippen MR) is 88.8 cm³/mol. The van der Waals surface area contributed by atoms with Crippen molar-refractivity contribution in [3.63, 3.8) is 0 Å². The lowest BCUT2D eigenvalue weighted by Crippen LogP contribution is -2.12. The van der Waals surface area contributed by atoms with Gasteiger partial charge in [-0.15, -0.1) is 0 Å². The molecule has 0 saturated heterocycles. The monoisotopic (exact) mass is 349 g/mol. The third-order valence-electron chi connectivity index (χ3n) is 4.16. The number of carbonyl (C=O) groups excluding carboxylic acids is 1. The second-order valence-corrected chi connectivity index (χ2v) is 8.15. The normalized spacial score (nSPS) is 19.9. The first-order valence-electron chi connectivity index (χ1n) is 7.75. The molecule has 1 aliphatic rings. The van der Waals surface area contributed by atoms with E-state index in [1.54, 1.807) is 6.07 Å². The summed E-state index contributed by atoms with van der Waals surface area (Å²) in [6, 6.07) is 9.30. The highest BCUT2D eigenvalue weighted by Crippen LogP contribution is 2.47. The fraction of sp³-hybridized carbons (Fsp3) is 0.353. The average molecular weight is 349 g/mol. The van der Waals surface area contributed by atoms with Gasteiger partial charge in [-0.1, -0.05) is 6.92 Å². The smallest absolute Gasteiger partial charge is 0.291 e. The number of nitrogens with one attached hydrogen (secondary N) is 1. The maximum atomic E-state index is 12.2. The second-order valence-electron chi connectivity index (χ2n) is 6.04. The van der Waals surface area contributed by atoms with Crippen LogP contribution >= 0.6 is 0 Å². The zero-order chi connectivity index (χ0) is 17.3. The molecule has 2 unspecified atom stereocenters. The number of sulfone groups is 1. The first kappa shape index (κ1) is 16.7. The van der Waals surface area contributed by atoms with Gasteiger partial charge in [0.1, 0.15) is 5.76 Å². The molecule has 1 aromatic carbocycles. The Morgan fingerprint density at radius 2 is 1.92 bits per heavy atom. The molecule has 0 aliphatic heterocycles. The van der Waals surface area contributed by atoms with Crippen molar-refractivity contribution >= 4 is 21.4 Å². The minimum absolute atomic E-state index is 0.109. The van der Waals surface area contributed by atoms with Gasteiger partial charge < -0.3 is 14.8 Å². The van der Waals surface area contributed by atoms with Crippen LogP contribution in [0.25, 0.3) is 0 Å². The van der Waals surface area contributed by atoms with Crippen molar-refractivity contribution in [2.45, 2.75) is 24.2 Å². The topological polar surface area (TPSA) is 96.6 Å². The zero-order valence-electron chi connectivity index (χ0n) is 13.2. The third kappa shape index (κ3) is 3.52. The number of hydrogen-bond acceptors (Lipinski definition) is 5. The molecule has 2 aromatic rings. The van der Waals surface area contributed by atoms with Crippen LogP contribution < -0.4 is 5.32 Å². The molecule has 6 nitrogen and oxygen atoms in total. The summed E-state index contributed by atoms with van der Waals surface area (Å²) in [5, 5.41) is 11.5. The highest BCUT2D eigenvalue weighted by molar-refractivity contribution is 7.91. The Labute approximate surface area is 140 Å². The van der Waals surface area contributed by atoms with E-state index in [9.17, 15) is 13.2 Å². The van der Waals surface area contributed by atoms with Crippen molar-refractivity contribution in [1.29, 1.82) is 0 Å². The molecule has 2 N–H and O–H groups in total. The van der Waals surface area contributed by atoms with Gasteiger partial charge in [-0.05, 0) is 48.7 Å². The van der Waals surface area contributed by atoms with E-state index in [-0.39, 0.29) is 22.3 Å². The lowest BCUT2D eigenvalue weighted by Gasteiger charge is -2.06. The molecule has 0 spiro atoms. The summed E-state index contributed by atoms with van der Waals surface area (Å²) in [6.07, 6.45) is 1.08. The summed E-state index contributed by atoms with van der Waals surface area (Å²) in [5.74, 6) is 1.37. The first-order valence-corrected chi connectivity index (χ1v) is 9.40. The number of aliphatic hydroxyl groups excluding tert-OH is 1. The summed E-state index contributed by atoms with van der Waals surface area (Å²) in [5.41, 5.74) is 0.473. The first-order chi connectivity index (χ1) is 11.4. The van der Waals surface area contributed by atoms with Crippen LogP contribution in [0.5, 0.6) is 0 Å². The number of hydrogen-bond donors (Lipinski definition) is 2. The molecule has 1 amide bonds. The van der Waals surface area contributed by atoms with E-state index >= 15 is 0 Å². The van der Waals surface area contributed by atoms with Crippen LogP contribution in [0.15, 0.2) is 45.7 Å². The van der Waals surface area contributed by atoms with E-state index in [1.165, 1.54) is 24.3 Å². The summed E-state index contributed by atoms with van der Waals surface area (Å²) in [6.45, 7) is 1.71. The molecule has 0 radical (unpaired) electrons. The molecule has 24 heavy (non-hydrogen) atoms. The quantitative estimate of drug-likeness (QED) is 0.835. The van der Waals surface area contributed by atoms with Crippen molar-refractivity contribution in [2.75, 3.05) is 17.7 Å². The van der Waals surface area contributed by atoms with Gasteiger partial charge in [-0.3, -0.25) is 4.79 Å². The van der Waals surface area contributed by atoms with Crippen molar-refractivity contribution in [3.05, 3.63) is 47.9 Å². The lowest BCUT2D eigenvalue weighted by molar-refractivity contribution is 0.0995. The van der Waals surface area contributed by atoms with Gasteiger partial charge in [0.05, 0.1) is 17.3 Å². The third-order valence-corrected chi connectivity index (χ3v) is 5.87. The van der Waals surface area contributed by atoms with E-state index < -0.39 is 16.4 Å². The van der Waals surface area contributed by atoms with Crippen LogP contribution in [-0.4, -0.2) is 31.8 Å². The van der Waals surface area contributed by atoms with E-state index in [2.05, 4.69) is 12.2 Å². The Morgan fingerprint density at radius 1 is 1.25 bits per heavy atom. The van der Waals surface area contributed by atoms with Gasteiger partial charge in [-0.25, -0.2) is 8.42 Å². The molecule has 1 fully saturated rings. The maximum absolute atomic E-state index is 12.2. The Balaban J connectivity index is 1.67. The average Bonchev–Trinajstić information content (AvgIpc) is 3.08. The highest BCUT2D eigenvalue weighted by Gasteiger charge is 2.36. The molecule has 3 rings (SSSR count). The van der Waals surface area contributed by atoms with Gasteiger partial charge in [0, 0.05) is 11.6 Å². The number of amides is 1. The van der Waals surface area contributed by atoms with Crippen LogP contribution in [-0.2, 0) is 9.84 Å². The largest absolute Gasteiger partial charge is 0.456 e. The van der Waals surface area contributed by atoms with Crippen LogP contribution in [0, 0.1) is 5.92 Å². The Morgan fingerprint density at radius 3 is 2.50 bits per heavy atom. The molecular formula is C17H19NO5S. The minimum atomic E-state index is -3.49. The fourth-order valence-electron chi connectivity index (χ4n) is 2.57. The molecule has 1 heterocycles. The fourth-order valence-corrected chi connectivity index (χ4v) is 3.60. The summed E-state index contributed by atoms with van der Waals surface area (Å²) in [7, 11) is -3.49. The van der Waals surface area contributed by atoms with Crippen LogP contribution in [0.1, 0.15) is 35.6 Å². The predicted octanol–water partition coefficient (Wildman–Crippen LogP) is 2.42. The summed E-state index contributed by atoms with van der Waals surface area (Å²) >= 11 is 0. The zero-order valence-corrected chi connectivity index (χ0v) is 14.0. The van der Waals surface area contributed by atoms with E-state index in [0.29, 0.717) is 17.5 Å². The highest BCUT2D eigenvalue weighted by atomic mass is 32.2. The second kappa shape index (κ2) is 6.41. The van der Waals surface area contributed by atoms with Gasteiger partial charge in [0.15, 0.2) is 15.6 Å². The van der Waals surface area contributed by atoms with E-state index in [4.69, 9.17) is 9.52 Å². The number of benzene rings is 1. The molecular weight excluding hydrogens is 330 g/mol. The molecule has 1 aliphatic carbocycles. The maximum Gasteiger partial charge on any atom is 0.291 e. The molecule has 128 valence electrons. The molecule has 7 heteroatoms. The number of rotatable bonds is 6. The Bertz CT molecular complexity index is 838. The van der Waals surface area contributed by atoms with Gasteiger partial charge >= 0.3 is 0 Å². The van der Waals surface area contributed by atoms with Crippen molar-refractivity contribution in [3.8, 4) is 0 Å². The number of anilines is 1. The molecule has 1 aromatic heterocycles. The Kier molecular flexibility index (Phi) is 4.47. The molecule has 2 atom stereocenters. The van der Waals surface area contributed by atoms with Gasteiger partial charge in [0.25, 0.3) is 5.91 Å². The summed E-state index contributed by atoms with van der Waals surface area (Å²) in [4.78, 5) is 12.3. The summed E-state index contributed by atoms with van der Waals surface area (Å²) < 4.78 is 29.2. The number of aliphatic hydroxyl groups is 1. The number of carbonyl (C=O) groups is 1. The van der Waals surface area contributed by atoms with Crippen molar-refractivity contribution in [2.24, 2.45) is 5.92 Å².